The lowest BCUT2D eigenvalue weighted by Crippen LogP contribution is -2.32. The molecular weight excluding hydrogens is 338 g/mol. The van der Waals surface area contributed by atoms with E-state index in [0.717, 1.165) is 24.1 Å². The van der Waals surface area contributed by atoms with Crippen molar-refractivity contribution in [2.75, 3.05) is 18.4 Å². The van der Waals surface area contributed by atoms with Gasteiger partial charge < -0.3 is 16.0 Å². The Balaban J connectivity index is 1.66. The van der Waals surface area contributed by atoms with Gasteiger partial charge >= 0.3 is 0 Å². The molecule has 1 saturated carbocycles. The molecule has 0 aromatic heterocycles. The first-order valence-corrected chi connectivity index (χ1v) is 9.52. The van der Waals surface area contributed by atoms with Crippen LogP contribution in [-0.2, 0) is 11.3 Å². The van der Waals surface area contributed by atoms with Crippen LogP contribution in [0.1, 0.15) is 35.7 Å². The normalized spacial score (nSPS) is 18.0. The second-order valence-corrected chi connectivity index (χ2v) is 7.24. The van der Waals surface area contributed by atoms with Crippen molar-refractivity contribution in [3.63, 3.8) is 0 Å². The van der Waals surface area contributed by atoms with Crippen LogP contribution in [0.3, 0.4) is 0 Å². The highest BCUT2D eigenvalue weighted by Crippen LogP contribution is 2.38. The van der Waals surface area contributed by atoms with Gasteiger partial charge in [0.05, 0.1) is 0 Å². The summed E-state index contributed by atoms with van der Waals surface area (Å²) in [4.78, 5) is 26.8. The van der Waals surface area contributed by atoms with Gasteiger partial charge in [-0.1, -0.05) is 37.3 Å². The molecule has 5 nitrogen and oxygen atoms in total. The highest BCUT2D eigenvalue weighted by atomic mass is 16.2. The van der Waals surface area contributed by atoms with Gasteiger partial charge in [-0.3, -0.25) is 9.59 Å². The number of nitrogens with one attached hydrogen (secondary N) is 1. The maximum Gasteiger partial charge on any atom is 0.254 e. The molecule has 3 N–H and O–H groups in total. The van der Waals surface area contributed by atoms with Crippen LogP contribution in [0, 0.1) is 11.8 Å². The van der Waals surface area contributed by atoms with Crippen LogP contribution in [-0.4, -0.2) is 29.8 Å². The molecule has 2 unspecified atom stereocenters. The molecule has 0 spiro atoms. The maximum absolute atomic E-state index is 12.9. The van der Waals surface area contributed by atoms with Gasteiger partial charge in [0.1, 0.15) is 0 Å². The second-order valence-electron chi connectivity index (χ2n) is 7.24. The van der Waals surface area contributed by atoms with Gasteiger partial charge in [-0.15, -0.1) is 0 Å². The fraction of sp³-hybridized carbons (Fsp3) is 0.364. The summed E-state index contributed by atoms with van der Waals surface area (Å²) in [6.07, 6.45) is 1.71. The van der Waals surface area contributed by atoms with E-state index >= 15 is 0 Å². The number of amides is 2. The van der Waals surface area contributed by atoms with Crippen molar-refractivity contribution < 1.29 is 9.59 Å². The Bertz CT molecular complexity index is 774. The van der Waals surface area contributed by atoms with Crippen LogP contribution in [0.5, 0.6) is 0 Å². The van der Waals surface area contributed by atoms with Crippen molar-refractivity contribution in [1.29, 1.82) is 0 Å². The fourth-order valence-electron chi connectivity index (χ4n) is 3.14. The zero-order valence-corrected chi connectivity index (χ0v) is 15.7. The third kappa shape index (κ3) is 5.17. The van der Waals surface area contributed by atoms with Gasteiger partial charge in [0.2, 0.25) is 5.91 Å². The number of carbonyl (C=O) groups is 2. The Morgan fingerprint density at radius 3 is 2.37 bits per heavy atom. The van der Waals surface area contributed by atoms with Crippen LogP contribution in [0.2, 0.25) is 0 Å². The van der Waals surface area contributed by atoms with E-state index in [2.05, 4.69) is 12.2 Å². The Hall–Kier alpha value is -2.66. The van der Waals surface area contributed by atoms with E-state index in [4.69, 9.17) is 5.73 Å². The molecule has 5 heteroatoms. The van der Waals surface area contributed by atoms with Crippen molar-refractivity contribution >= 4 is 17.5 Å². The van der Waals surface area contributed by atoms with Gasteiger partial charge in [-0.25, -0.2) is 0 Å². The van der Waals surface area contributed by atoms with E-state index in [-0.39, 0.29) is 17.7 Å². The molecule has 0 saturated heterocycles. The van der Waals surface area contributed by atoms with Crippen molar-refractivity contribution in [2.45, 2.75) is 26.3 Å². The third-order valence-electron chi connectivity index (χ3n) is 4.98. The van der Waals surface area contributed by atoms with E-state index in [0.29, 0.717) is 31.1 Å². The molecule has 0 heterocycles. The molecule has 0 radical (unpaired) electrons. The Kier molecular flexibility index (Phi) is 6.24. The number of nitrogens with zero attached hydrogens (tertiary/aromatic N) is 1. The van der Waals surface area contributed by atoms with Gasteiger partial charge in [-0.2, -0.15) is 0 Å². The van der Waals surface area contributed by atoms with E-state index in [9.17, 15) is 9.59 Å². The standard InChI is InChI=1S/C22H27N3O2/c1-16-14-20(16)21(26)24-19-10-8-18(9-11-19)22(27)25(13-5-12-23)15-17-6-3-2-4-7-17/h2-4,6-11,16,20H,5,12-15,23H2,1H3,(H,24,26). The second kappa shape index (κ2) is 8.82. The van der Waals surface area contributed by atoms with Crippen LogP contribution >= 0.6 is 0 Å². The molecule has 2 aromatic carbocycles. The number of rotatable bonds is 8. The van der Waals surface area contributed by atoms with Crippen LogP contribution in [0.25, 0.3) is 0 Å². The molecule has 2 aromatic rings. The number of anilines is 1. The van der Waals surface area contributed by atoms with Gasteiger partial charge in [0.25, 0.3) is 5.91 Å². The summed E-state index contributed by atoms with van der Waals surface area (Å²) in [6, 6.07) is 17.1. The molecule has 3 rings (SSSR count). The Morgan fingerprint density at radius 2 is 1.78 bits per heavy atom. The zero-order valence-electron chi connectivity index (χ0n) is 15.7. The lowest BCUT2D eigenvalue weighted by molar-refractivity contribution is -0.117. The molecule has 2 atom stereocenters. The Morgan fingerprint density at radius 1 is 1.11 bits per heavy atom. The number of hydrogen-bond acceptors (Lipinski definition) is 3. The lowest BCUT2D eigenvalue weighted by Gasteiger charge is -2.23. The van der Waals surface area contributed by atoms with Crippen molar-refractivity contribution in [1.82, 2.24) is 4.90 Å². The predicted octanol–water partition coefficient (Wildman–Crippen LogP) is 3.27. The van der Waals surface area contributed by atoms with Crippen LogP contribution in [0.15, 0.2) is 54.6 Å². The number of hydrogen-bond donors (Lipinski definition) is 2. The number of carbonyl (C=O) groups excluding carboxylic acids is 2. The van der Waals surface area contributed by atoms with Crippen molar-refractivity contribution in [3.8, 4) is 0 Å². The highest BCUT2D eigenvalue weighted by Gasteiger charge is 2.39. The zero-order chi connectivity index (χ0) is 19.2. The maximum atomic E-state index is 12.9. The van der Waals surface area contributed by atoms with Crippen LogP contribution < -0.4 is 11.1 Å². The number of benzene rings is 2. The van der Waals surface area contributed by atoms with E-state index < -0.39 is 0 Å². The van der Waals surface area contributed by atoms with E-state index in [1.165, 1.54) is 0 Å². The number of nitrogens with two attached hydrogens (primary N) is 1. The summed E-state index contributed by atoms with van der Waals surface area (Å²) in [7, 11) is 0. The average Bonchev–Trinajstić information content (AvgIpc) is 3.43. The molecule has 0 bridgehead atoms. The first-order chi connectivity index (χ1) is 13.1. The van der Waals surface area contributed by atoms with Gasteiger partial charge in [0.15, 0.2) is 0 Å². The molecule has 2 amide bonds. The summed E-state index contributed by atoms with van der Waals surface area (Å²) >= 11 is 0. The van der Waals surface area contributed by atoms with E-state index in [1.54, 1.807) is 24.3 Å². The molecule has 27 heavy (non-hydrogen) atoms. The Labute approximate surface area is 160 Å². The summed E-state index contributed by atoms with van der Waals surface area (Å²) in [5.41, 5.74) is 8.07. The molecule has 142 valence electrons. The predicted molar refractivity (Wildman–Crippen MR) is 107 cm³/mol. The minimum absolute atomic E-state index is 0.0269. The average molecular weight is 365 g/mol. The summed E-state index contributed by atoms with van der Waals surface area (Å²) < 4.78 is 0. The largest absolute Gasteiger partial charge is 0.334 e. The fourth-order valence-corrected chi connectivity index (χ4v) is 3.14. The summed E-state index contributed by atoms with van der Waals surface area (Å²) in [5.74, 6) is 0.639. The SMILES string of the molecule is CC1CC1C(=O)Nc1ccc(C(=O)N(CCCN)Cc2ccccc2)cc1. The summed E-state index contributed by atoms with van der Waals surface area (Å²) in [6.45, 7) is 3.79. The molecule has 1 aliphatic carbocycles. The smallest absolute Gasteiger partial charge is 0.254 e. The quantitative estimate of drug-likeness (QED) is 0.754. The van der Waals surface area contributed by atoms with Gasteiger partial charge in [-0.05, 0) is 55.1 Å². The topological polar surface area (TPSA) is 75.4 Å². The lowest BCUT2D eigenvalue weighted by atomic mass is 10.1. The first kappa shape index (κ1) is 19.1. The minimum atomic E-state index is -0.0269. The molecule has 1 aliphatic rings. The van der Waals surface area contributed by atoms with Gasteiger partial charge in [0, 0.05) is 30.3 Å². The van der Waals surface area contributed by atoms with Crippen LogP contribution in [0.4, 0.5) is 5.69 Å². The van der Waals surface area contributed by atoms with Crippen molar-refractivity contribution in [3.05, 3.63) is 65.7 Å². The highest BCUT2D eigenvalue weighted by molar-refractivity contribution is 5.97. The van der Waals surface area contributed by atoms with E-state index in [1.807, 2.05) is 35.2 Å². The first-order valence-electron chi connectivity index (χ1n) is 9.52. The molecular formula is C22H27N3O2. The van der Waals surface area contributed by atoms with Crippen molar-refractivity contribution in [2.24, 2.45) is 17.6 Å². The summed E-state index contributed by atoms with van der Waals surface area (Å²) in [5, 5.41) is 2.92. The minimum Gasteiger partial charge on any atom is -0.334 e. The molecule has 0 aliphatic heterocycles. The monoisotopic (exact) mass is 365 g/mol. The third-order valence-corrected chi connectivity index (χ3v) is 4.98. The molecule has 1 fully saturated rings.